The third-order valence-electron chi connectivity index (χ3n) is 3.92. The molecule has 4 aromatic rings. The van der Waals surface area contributed by atoms with E-state index in [0.29, 0.717) is 17.3 Å². The van der Waals surface area contributed by atoms with Crippen LogP contribution in [0.1, 0.15) is 0 Å². The highest BCUT2D eigenvalue weighted by molar-refractivity contribution is 5.89. The summed E-state index contributed by atoms with van der Waals surface area (Å²) in [6, 6.07) is 14.1. The molecule has 0 aliphatic heterocycles. The van der Waals surface area contributed by atoms with Crippen molar-refractivity contribution in [3.05, 3.63) is 83.9 Å². The van der Waals surface area contributed by atoms with E-state index in [4.69, 9.17) is 0 Å². The second-order valence-electron chi connectivity index (χ2n) is 5.87. The molecule has 138 valence electrons. The Labute approximate surface area is 159 Å². The number of rotatable bonds is 5. The fourth-order valence-corrected chi connectivity index (χ4v) is 2.59. The van der Waals surface area contributed by atoms with Crippen molar-refractivity contribution in [1.82, 2.24) is 29.3 Å². The van der Waals surface area contributed by atoms with Crippen LogP contribution in [0.5, 0.6) is 0 Å². The van der Waals surface area contributed by atoms with Crippen LogP contribution in [0.2, 0.25) is 0 Å². The average molecular weight is 373 g/mol. The first-order valence-electron chi connectivity index (χ1n) is 8.43. The first kappa shape index (κ1) is 17.3. The van der Waals surface area contributed by atoms with Gasteiger partial charge >= 0.3 is 0 Å². The molecule has 0 aliphatic rings. The average Bonchev–Trinajstić information content (AvgIpc) is 3.25. The number of hydrogen-bond acceptors (Lipinski definition) is 6. The number of aromatic nitrogens is 6. The van der Waals surface area contributed by atoms with Crippen LogP contribution < -0.4 is 10.9 Å². The zero-order valence-corrected chi connectivity index (χ0v) is 14.6. The fraction of sp³-hybridized carbons (Fsp3) is 0.0526. The van der Waals surface area contributed by atoms with Crippen molar-refractivity contribution in [2.45, 2.75) is 6.54 Å². The Kier molecular flexibility index (Phi) is 4.70. The van der Waals surface area contributed by atoms with Crippen molar-refractivity contribution in [3.8, 4) is 17.1 Å². The number of nitrogens with one attached hydrogen (secondary N) is 1. The Morgan fingerprint density at radius 3 is 2.64 bits per heavy atom. The summed E-state index contributed by atoms with van der Waals surface area (Å²) < 4.78 is 2.78. The van der Waals surface area contributed by atoms with Gasteiger partial charge in [0.05, 0.1) is 12.0 Å². The van der Waals surface area contributed by atoms with Gasteiger partial charge in [0, 0.05) is 30.1 Å². The van der Waals surface area contributed by atoms with Crippen LogP contribution in [0, 0.1) is 0 Å². The summed E-state index contributed by atoms with van der Waals surface area (Å²) >= 11 is 0. The summed E-state index contributed by atoms with van der Waals surface area (Å²) in [6.45, 7) is -0.179. The molecule has 9 nitrogen and oxygen atoms in total. The fourth-order valence-electron chi connectivity index (χ4n) is 2.59. The molecule has 3 aromatic heterocycles. The summed E-state index contributed by atoms with van der Waals surface area (Å²) in [5.41, 5.74) is 1.08. The van der Waals surface area contributed by atoms with E-state index in [0.717, 1.165) is 5.56 Å². The minimum absolute atomic E-state index is 0.179. The molecular weight excluding hydrogens is 358 g/mol. The Morgan fingerprint density at radius 2 is 1.89 bits per heavy atom. The Morgan fingerprint density at radius 1 is 1.04 bits per heavy atom. The molecule has 1 N–H and O–H groups in total. The first-order chi connectivity index (χ1) is 13.7. The van der Waals surface area contributed by atoms with Crippen molar-refractivity contribution in [3.63, 3.8) is 0 Å². The van der Waals surface area contributed by atoms with E-state index >= 15 is 0 Å². The highest BCUT2D eigenvalue weighted by atomic mass is 16.2. The normalized spacial score (nSPS) is 10.6. The molecule has 0 spiro atoms. The van der Waals surface area contributed by atoms with E-state index in [-0.39, 0.29) is 12.1 Å². The van der Waals surface area contributed by atoms with E-state index < -0.39 is 5.91 Å². The zero-order valence-electron chi connectivity index (χ0n) is 14.6. The van der Waals surface area contributed by atoms with E-state index in [1.807, 2.05) is 30.3 Å². The summed E-state index contributed by atoms with van der Waals surface area (Å²) in [7, 11) is 0. The molecule has 1 amide bonds. The molecule has 0 saturated heterocycles. The van der Waals surface area contributed by atoms with Crippen LogP contribution in [-0.4, -0.2) is 35.2 Å². The SMILES string of the molecule is O=C(Cn1cnc(-c2ccccc2)cc1=O)Nc1cc(-n2cccn2)ncn1. The van der Waals surface area contributed by atoms with Gasteiger partial charge in [0.25, 0.3) is 5.56 Å². The third-order valence-corrected chi connectivity index (χ3v) is 3.92. The molecule has 0 bridgehead atoms. The lowest BCUT2D eigenvalue weighted by molar-refractivity contribution is -0.116. The molecule has 0 aliphatic carbocycles. The van der Waals surface area contributed by atoms with Crippen LogP contribution in [0.4, 0.5) is 5.82 Å². The third kappa shape index (κ3) is 3.83. The summed E-state index contributed by atoms with van der Waals surface area (Å²) in [5, 5.41) is 6.73. The monoisotopic (exact) mass is 373 g/mol. The lowest BCUT2D eigenvalue weighted by Crippen LogP contribution is -2.27. The maximum atomic E-state index is 12.3. The maximum Gasteiger partial charge on any atom is 0.254 e. The van der Waals surface area contributed by atoms with Gasteiger partial charge in [-0.25, -0.2) is 19.6 Å². The van der Waals surface area contributed by atoms with Crippen LogP contribution in [0.25, 0.3) is 17.1 Å². The van der Waals surface area contributed by atoms with E-state index in [9.17, 15) is 9.59 Å². The highest BCUT2D eigenvalue weighted by Crippen LogP contribution is 2.13. The molecule has 9 heteroatoms. The number of carbonyl (C=O) groups excluding carboxylic acids is 1. The predicted molar refractivity (Wildman–Crippen MR) is 102 cm³/mol. The summed E-state index contributed by atoms with van der Waals surface area (Å²) in [4.78, 5) is 37.0. The van der Waals surface area contributed by atoms with Gasteiger partial charge in [-0.3, -0.25) is 14.2 Å². The van der Waals surface area contributed by atoms with Gasteiger partial charge in [-0.15, -0.1) is 0 Å². The molecule has 1 aromatic carbocycles. The maximum absolute atomic E-state index is 12.3. The van der Waals surface area contributed by atoms with E-state index in [1.165, 1.54) is 23.3 Å². The molecule has 0 atom stereocenters. The predicted octanol–water partition coefficient (Wildman–Crippen LogP) is 1.52. The van der Waals surface area contributed by atoms with Crippen molar-refractivity contribution >= 4 is 11.7 Å². The number of nitrogens with zero attached hydrogens (tertiary/aromatic N) is 6. The number of anilines is 1. The molecule has 0 radical (unpaired) electrons. The quantitative estimate of drug-likeness (QED) is 0.568. The summed E-state index contributed by atoms with van der Waals surface area (Å²) in [6.07, 6.45) is 6.04. The van der Waals surface area contributed by atoms with Gasteiger partial charge in [0.2, 0.25) is 5.91 Å². The van der Waals surface area contributed by atoms with Crippen molar-refractivity contribution in [1.29, 1.82) is 0 Å². The number of carbonyl (C=O) groups is 1. The number of hydrogen-bond donors (Lipinski definition) is 1. The smallest absolute Gasteiger partial charge is 0.254 e. The topological polar surface area (TPSA) is 108 Å². The highest BCUT2D eigenvalue weighted by Gasteiger charge is 2.09. The Bertz CT molecular complexity index is 1150. The minimum atomic E-state index is -0.401. The van der Waals surface area contributed by atoms with Gasteiger partial charge in [0.1, 0.15) is 18.7 Å². The van der Waals surface area contributed by atoms with Crippen molar-refractivity contribution in [2.24, 2.45) is 0 Å². The Balaban J connectivity index is 1.47. The lowest BCUT2D eigenvalue weighted by atomic mass is 10.1. The largest absolute Gasteiger partial charge is 0.309 e. The van der Waals surface area contributed by atoms with Gasteiger partial charge in [0.15, 0.2) is 5.82 Å². The van der Waals surface area contributed by atoms with Crippen LogP contribution in [0.3, 0.4) is 0 Å². The standard InChI is InChI=1S/C19H15N7O2/c27-18(24-16-10-17(21-12-20-16)26-8-4-7-23-26)11-25-13-22-15(9-19(25)28)14-5-2-1-3-6-14/h1-10,12-13H,11H2,(H,20,21,24,27). The molecule has 0 unspecified atom stereocenters. The number of amides is 1. The van der Waals surface area contributed by atoms with Gasteiger partial charge in [-0.1, -0.05) is 30.3 Å². The first-order valence-corrected chi connectivity index (χ1v) is 8.43. The van der Waals surface area contributed by atoms with E-state index in [2.05, 4.69) is 25.4 Å². The van der Waals surface area contributed by atoms with Gasteiger partial charge < -0.3 is 5.32 Å². The van der Waals surface area contributed by atoms with Crippen LogP contribution >= 0.6 is 0 Å². The minimum Gasteiger partial charge on any atom is -0.309 e. The van der Waals surface area contributed by atoms with E-state index in [1.54, 1.807) is 29.2 Å². The second kappa shape index (κ2) is 7.62. The van der Waals surface area contributed by atoms with Crippen molar-refractivity contribution in [2.75, 3.05) is 5.32 Å². The van der Waals surface area contributed by atoms with Crippen LogP contribution in [0.15, 0.2) is 78.4 Å². The molecular formula is C19H15N7O2. The zero-order chi connectivity index (χ0) is 19.3. The number of benzene rings is 1. The second-order valence-corrected chi connectivity index (χ2v) is 5.87. The summed E-state index contributed by atoms with van der Waals surface area (Å²) in [5.74, 6) is 0.426. The molecule has 3 heterocycles. The molecule has 0 fully saturated rings. The van der Waals surface area contributed by atoms with Gasteiger partial charge in [-0.2, -0.15) is 5.10 Å². The molecule has 0 saturated carbocycles. The molecule has 4 rings (SSSR count). The van der Waals surface area contributed by atoms with Gasteiger partial charge in [-0.05, 0) is 6.07 Å². The lowest BCUT2D eigenvalue weighted by Gasteiger charge is -2.08. The van der Waals surface area contributed by atoms with Crippen LogP contribution in [-0.2, 0) is 11.3 Å². The van der Waals surface area contributed by atoms with Crippen molar-refractivity contribution < 1.29 is 4.79 Å². The Hall–Kier alpha value is -4.14. The molecule has 28 heavy (non-hydrogen) atoms.